The van der Waals surface area contributed by atoms with Crippen LogP contribution in [0, 0.1) is 0 Å². The molecule has 2 rings (SSSR count). The summed E-state index contributed by atoms with van der Waals surface area (Å²) in [6, 6.07) is 1.79. The zero-order chi connectivity index (χ0) is 13.3. The van der Waals surface area contributed by atoms with Gasteiger partial charge in [-0.1, -0.05) is 19.1 Å². The Hall–Kier alpha value is -2.18. The summed E-state index contributed by atoms with van der Waals surface area (Å²) >= 11 is 0. The Morgan fingerprint density at radius 2 is 2.22 bits per heavy atom. The standard InChI is InChI=1S/C11H15N5O2/c1-4-15-6-5-8(13-15)16-10(7(2)3)9(11(17)18)12-14-16/h5-7H,4H2,1-3H3,(H,17,18). The molecule has 0 amide bonds. The molecule has 0 spiro atoms. The van der Waals surface area contributed by atoms with E-state index < -0.39 is 5.97 Å². The topological polar surface area (TPSA) is 85.8 Å². The third-order valence-corrected chi connectivity index (χ3v) is 2.62. The number of aromatic carboxylic acids is 1. The van der Waals surface area contributed by atoms with Gasteiger partial charge in [0.25, 0.3) is 0 Å². The van der Waals surface area contributed by atoms with Gasteiger partial charge in [0.15, 0.2) is 11.5 Å². The minimum atomic E-state index is -1.07. The lowest BCUT2D eigenvalue weighted by molar-refractivity contribution is 0.0688. The van der Waals surface area contributed by atoms with E-state index in [4.69, 9.17) is 5.11 Å². The fourth-order valence-electron chi connectivity index (χ4n) is 1.77. The van der Waals surface area contributed by atoms with E-state index in [0.29, 0.717) is 11.5 Å². The van der Waals surface area contributed by atoms with Gasteiger partial charge in [0.05, 0.1) is 5.69 Å². The fraction of sp³-hybridized carbons (Fsp3) is 0.455. The maximum atomic E-state index is 11.1. The normalized spacial score (nSPS) is 11.1. The van der Waals surface area contributed by atoms with Gasteiger partial charge in [0.2, 0.25) is 0 Å². The SMILES string of the molecule is CCn1ccc(-n2nnc(C(=O)O)c2C(C)C)n1. The van der Waals surface area contributed by atoms with Crippen LogP contribution in [0.25, 0.3) is 5.82 Å². The van der Waals surface area contributed by atoms with Gasteiger partial charge in [-0.2, -0.15) is 9.78 Å². The zero-order valence-corrected chi connectivity index (χ0v) is 10.5. The molecule has 0 aliphatic carbocycles. The number of aromatic nitrogens is 5. The Kier molecular flexibility index (Phi) is 3.14. The van der Waals surface area contributed by atoms with Crippen molar-refractivity contribution in [2.75, 3.05) is 0 Å². The summed E-state index contributed by atoms with van der Waals surface area (Å²) in [5.41, 5.74) is 0.542. The van der Waals surface area contributed by atoms with E-state index in [-0.39, 0.29) is 11.6 Å². The number of carboxylic acid groups (broad SMARTS) is 1. The largest absolute Gasteiger partial charge is 0.476 e. The summed E-state index contributed by atoms with van der Waals surface area (Å²) < 4.78 is 3.24. The van der Waals surface area contributed by atoms with Crippen LogP contribution in [0.1, 0.15) is 42.9 Å². The molecule has 2 aromatic rings. The monoisotopic (exact) mass is 249 g/mol. The van der Waals surface area contributed by atoms with Crippen LogP contribution >= 0.6 is 0 Å². The molecule has 7 heteroatoms. The quantitative estimate of drug-likeness (QED) is 0.882. The van der Waals surface area contributed by atoms with Gasteiger partial charge in [-0.25, -0.2) is 4.79 Å². The highest BCUT2D eigenvalue weighted by Crippen LogP contribution is 2.20. The van der Waals surface area contributed by atoms with E-state index in [1.165, 1.54) is 4.68 Å². The molecule has 18 heavy (non-hydrogen) atoms. The van der Waals surface area contributed by atoms with Gasteiger partial charge >= 0.3 is 5.97 Å². The van der Waals surface area contributed by atoms with Gasteiger partial charge in [-0.15, -0.1) is 5.10 Å². The highest BCUT2D eigenvalue weighted by molar-refractivity contribution is 5.86. The van der Waals surface area contributed by atoms with Crippen molar-refractivity contribution in [1.82, 2.24) is 24.8 Å². The first-order valence-corrected chi connectivity index (χ1v) is 5.77. The summed E-state index contributed by atoms with van der Waals surface area (Å²) in [7, 11) is 0. The van der Waals surface area contributed by atoms with Crippen molar-refractivity contribution in [2.45, 2.75) is 33.2 Å². The minimum Gasteiger partial charge on any atom is -0.476 e. The molecule has 96 valence electrons. The number of hydrogen-bond donors (Lipinski definition) is 1. The second kappa shape index (κ2) is 4.59. The predicted molar refractivity (Wildman–Crippen MR) is 63.9 cm³/mol. The fourth-order valence-corrected chi connectivity index (χ4v) is 1.77. The van der Waals surface area contributed by atoms with Gasteiger partial charge in [-0.05, 0) is 12.8 Å². The Labute approximate surface area is 104 Å². The van der Waals surface area contributed by atoms with Crippen molar-refractivity contribution in [1.29, 1.82) is 0 Å². The molecular weight excluding hydrogens is 234 g/mol. The third kappa shape index (κ3) is 1.99. The molecule has 0 unspecified atom stereocenters. The lowest BCUT2D eigenvalue weighted by Gasteiger charge is -2.07. The maximum absolute atomic E-state index is 11.1. The van der Waals surface area contributed by atoms with Crippen molar-refractivity contribution in [2.24, 2.45) is 0 Å². The number of carboxylic acids is 1. The minimum absolute atomic E-state index is 0.00197. The first-order chi connectivity index (χ1) is 8.54. The molecule has 1 N–H and O–H groups in total. The highest BCUT2D eigenvalue weighted by atomic mass is 16.4. The van der Waals surface area contributed by atoms with E-state index in [9.17, 15) is 4.79 Å². The molecule has 0 fully saturated rings. The Bertz CT molecular complexity index is 570. The Balaban J connectivity index is 2.54. The number of rotatable bonds is 4. The van der Waals surface area contributed by atoms with E-state index >= 15 is 0 Å². The Morgan fingerprint density at radius 3 is 2.72 bits per heavy atom. The van der Waals surface area contributed by atoms with Crippen LogP contribution in [-0.4, -0.2) is 35.9 Å². The van der Waals surface area contributed by atoms with E-state index in [1.54, 1.807) is 10.7 Å². The number of aryl methyl sites for hydroxylation is 1. The van der Waals surface area contributed by atoms with Crippen molar-refractivity contribution in [3.05, 3.63) is 23.7 Å². The number of nitrogens with zero attached hydrogens (tertiary/aromatic N) is 5. The highest BCUT2D eigenvalue weighted by Gasteiger charge is 2.23. The molecule has 0 atom stereocenters. The summed E-state index contributed by atoms with van der Waals surface area (Å²) in [4.78, 5) is 11.1. The molecule has 0 aliphatic heterocycles. The summed E-state index contributed by atoms with van der Waals surface area (Å²) in [5, 5.41) is 21.0. The van der Waals surface area contributed by atoms with Gasteiger partial charge < -0.3 is 5.11 Å². The molecule has 7 nitrogen and oxygen atoms in total. The molecule has 0 saturated heterocycles. The van der Waals surface area contributed by atoms with Crippen molar-refractivity contribution in [3.63, 3.8) is 0 Å². The summed E-state index contributed by atoms with van der Waals surface area (Å²) in [5.74, 6) is -0.488. The molecule has 0 bridgehead atoms. The molecule has 2 heterocycles. The summed E-state index contributed by atoms with van der Waals surface area (Å²) in [6.45, 7) is 6.53. The van der Waals surface area contributed by atoms with Crippen LogP contribution in [0.5, 0.6) is 0 Å². The van der Waals surface area contributed by atoms with E-state index in [1.807, 2.05) is 27.0 Å². The lowest BCUT2D eigenvalue weighted by Crippen LogP contribution is -2.09. The van der Waals surface area contributed by atoms with Crippen LogP contribution in [0.15, 0.2) is 12.3 Å². The van der Waals surface area contributed by atoms with Crippen molar-refractivity contribution in [3.8, 4) is 5.82 Å². The molecular formula is C11H15N5O2. The first-order valence-electron chi connectivity index (χ1n) is 5.77. The van der Waals surface area contributed by atoms with Crippen LogP contribution < -0.4 is 0 Å². The lowest BCUT2D eigenvalue weighted by atomic mass is 10.1. The second-order valence-corrected chi connectivity index (χ2v) is 4.22. The third-order valence-electron chi connectivity index (χ3n) is 2.62. The average Bonchev–Trinajstić information content (AvgIpc) is 2.94. The van der Waals surface area contributed by atoms with E-state index in [0.717, 1.165) is 6.54 Å². The number of carbonyl (C=O) groups is 1. The van der Waals surface area contributed by atoms with Crippen molar-refractivity contribution >= 4 is 5.97 Å². The summed E-state index contributed by atoms with van der Waals surface area (Å²) in [6.07, 6.45) is 1.82. The van der Waals surface area contributed by atoms with Crippen LogP contribution in [-0.2, 0) is 6.54 Å². The van der Waals surface area contributed by atoms with Crippen LogP contribution in [0.4, 0.5) is 0 Å². The van der Waals surface area contributed by atoms with Crippen LogP contribution in [0.2, 0.25) is 0 Å². The second-order valence-electron chi connectivity index (χ2n) is 4.22. The average molecular weight is 249 g/mol. The predicted octanol–water partition coefficient (Wildman–Crippen LogP) is 1.31. The van der Waals surface area contributed by atoms with Gasteiger partial charge in [-0.3, -0.25) is 4.68 Å². The molecule has 0 radical (unpaired) electrons. The van der Waals surface area contributed by atoms with Gasteiger partial charge in [0, 0.05) is 18.8 Å². The zero-order valence-electron chi connectivity index (χ0n) is 10.5. The molecule has 0 aromatic carbocycles. The number of hydrogen-bond acceptors (Lipinski definition) is 4. The van der Waals surface area contributed by atoms with Crippen molar-refractivity contribution < 1.29 is 9.90 Å². The first kappa shape index (κ1) is 12.3. The Morgan fingerprint density at radius 1 is 1.50 bits per heavy atom. The maximum Gasteiger partial charge on any atom is 0.358 e. The smallest absolute Gasteiger partial charge is 0.358 e. The van der Waals surface area contributed by atoms with Crippen LogP contribution in [0.3, 0.4) is 0 Å². The van der Waals surface area contributed by atoms with Gasteiger partial charge in [0.1, 0.15) is 0 Å². The molecule has 0 saturated carbocycles. The van der Waals surface area contributed by atoms with E-state index in [2.05, 4.69) is 15.4 Å². The molecule has 2 aromatic heterocycles. The molecule has 0 aliphatic rings.